The number of nitrogens with zero attached hydrogens (tertiary/aromatic N) is 1. The second-order valence-corrected chi connectivity index (χ2v) is 9.63. The van der Waals surface area contributed by atoms with Crippen LogP contribution in [0.3, 0.4) is 0 Å². The van der Waals surface area contributed by atoms with Gasteiger partial charge in [-0.3, -0.25) is 0 Å². The first kappa shape index (κ1) is 25.5. The molecule has 0 atom stereocenters. The Kier molecular flexibility index (Phi) is 8.78. The van der Waals surface area contributed by atoms with Crippen LogP contribution in [0.4, 0.5) is 0 Å². The summed E-state index contributed by atoms with van der Waals surface area (Å²) in [6, 6.07) is 32.5. The van der Waals surface area contributed by atoms with E-state index in [1.165, 1.54) is 0 Å². The zero-order valence-electron chi connectivity index (χ0n) is 20.5. The Hall–Kier alpha value is -3.59. The standard InChI is InChI=1S/C31H29BrN2O2/c1-22(2)34-19-26-14-15-28(17-30(26)36-20-24-9-6-8-23(16-24)18-33)35-21-27-12-7-13-29(31(27)32)25-10-4-3-5-11-25/h3-17,22,34H,19-21H2,1-2H3. The Morgan fingerprint density at radius 2 is 1.64 bits per heavy atom. The highest BCUT2D eigenvalue weighted by molar-refractivity contribution is 9.10. The Balaban J connectivity index is 1.51. The Morgan fingerprint density at radius 1 is 0.833 bits per heavy atom. The van der Waals surface area contributed by atoms with Crippen LogP contribution in [-0.4, -0.2) is 6.04 Å². The molecule has 0 saturated carbocycles. The molecule has 4 aromatic carbocycles. The van der Waals surface area contributed by atoms with Crippen LogP contribution in [0.25, 0.3) is 11.1 Å². The van der Waals surface area contributed by atoms with Gasteiger partial charge in [-0.1, -0.05) is 80.6 Å². The molecule has 0 aliphatic heterocycles. The Bertz CT molecular complexity index is 1350. The van der Waals surface area contributed by atoms with Gasteiger partial charge in [0, 0.05) is 34.3 Å². The van der Waals surface area contributed by atoms with Crippen LogP contribution in [0, 0.1) is 11.3 Å². The molecule has 0 heterocycles. The van der Waals surface area contributed by atoms with Crippen LogP contribution in [-0.2, 0) is 19.8 Å². The van der Waals surface area contributed by atoms with Crippen LogP contribution < -0.4 is 14.8 Å². The van der Waals surface area contributed by atoms with Crippen molar-refractivity contribution < 1.29 is 9.47 Å². The van der Waals surface area contributed by atoms with Gasteiger partial charge in [0.2, 0.25) is 0 Å². The van der Waals surface area contributed by atoms with Crippen molar-refractivity contribution in [3.8, 4) is 28.7 Å². The molecule has 0 aliphatic carbocycles. The van der Waals surface area contributed by atoms with Gasteiger partial charge in [-0.25, -0.2) is 0 Å². The smallest absolute Gasteiger partial charge is 0.127 e. The van der Waals surface area contributed by atoms with E-state index in [0.717, 1.165) is 43.8 Å². The molecular weight excluding hydrogens is 512 g/mol. The number of ether oxygens (including phenoxy) is 2. The normalized spacial score (nSPS) is 10.8. The number of hydrogen-bond donors (Lipinski definition) is 1. The highest BCUT2D eigenvalue weighted by Crippen LogP contribution is 2.32. The molecule has 0 saturated heterocycles. The summed E-state index contributed by atoms with van der Waals surface area (Å²) in [5, 5.41) is 12.6. The molecule has 0 fully saturated rings. The summed E-state index contributed by atoms with van der Waals surface area (Å²) in [7, 11) is 0. The topological polar surface area (TPSA) is 54.3 Å². The minimum Gasteiger partial charge on any atom is -0.489 e. The molecular formula is C31H29BrN2O2. The number of benzene rings is 4. The van der Waals surface area contributed by atoms with E-state index in [2.05, 4.69) is 71.5 Å². The summed E-state index contributed by atoms with van der Waals surface area (Å²) >= 11 is 3.78. The van der Waals surface area contributed by atoms with E-state index in [9.17, 15) is 5.26 Å². The Labute approximate surface area is 221 Å². The largest absolute Gasteiger partial charge is 0.489 e. The lowest BCUT2D eigenvalue weighted by molar-refractivity contribution is 0.287. The molecule has 0 radical (unpaired) electrons. The molecule has 0 bridgehead atoms. The molecule has 5 heteroatoms. The highest BCUT2D eigenvalue weighted by Gasteiger charge is 2.11. The minimum atomic E-state index is 0.357. The first-order valence-electron chi connectivity index (χ1n) is 12.0. The average Bonchev–Trinajstić information content (AvgIpc) is 2.91. The van der Waals surface area contributed by atoms with Crippen LogP contribution in [0.2, 0.25) is 0 Å². The van der Waals surface area contributed by atoms with E-state index in [0.29, 0.717) is 31.4 Å². The summed E-state index contributed by atoms with van der Waals surface area (Å²) in [5.41, 5.74) is 5.99. The number of nitrogens with one attached hydrogen (secondary N) is 1. The lowest BCUT2D eigenvalue weighted by Crippen LogP contribution is -2.22. The van der Waals surface area contributed by atoms with Crippen LogP contribution in [0.5, 0.6) is 11.5 Å². The lowest BCUT2D eigenvalue weighted by Gasteiger charge is -2.16. The molecule has 0 aliphatic rings. The predicted molar refractivity (Wildman–Crippen MR) is 148 cm³/mol. The monoisotopic (exact) mass is 540 g/mol. The maximum absolute atomic E-state index is 9.19. The molecule has 4 aromatic rings. The molecule has 4 rings (SSSR count). The van der Waals surface area contributed by atoms with Crippen molar-refractivity contribution in [3.05, 3.63) is 118 Å². The molecule has 182 valence electrons. The van der Waals surface area contributed by atoms with Gasteiger partial charge in [0.15, 0.2) is 0 Å². The number of hydrogen-bond acceptors (Lipinski definition) is 4. The van der Waals surface area contributed by atoms with E-state index < -0.39 is 0 Å². The molecule has 36 heavy (non-hydrogen) atoms. The van der Waals surface area contributed by atoms with E-state index in [-0.39, 0.29) is 0 Å². The first-order valence-corrected chi connectivity index (χ1v) is 12.8. The first-order chi connectivity index (χ1) is 17.5. The zero-order valence-corrected chi connectivity index (χ0v) is 22.1. The maximum Gasteiger partial charge on any atom is 0.127 e. The third-order valence-electron chi connectivity index (χ3n) is 5.75. The molecule has 1 N–H and O–H groups in total. The van der Waals surface area contributed by atoms with E-state index >= 15 is 0 Å². The molecule has 0 amide bonds. The molecule has 0 aromatic heterocycles. The van der Waals surface area contributed by atoms with Crippen molar-refractivity contribution in [2.45, 2.75) is 39.6 Å². The van der Waals surface area contributed by atoms with E-state index in [4.69, 9.17) is 9.47 Å². The number of rotatable bonds is 10. The fraction of sp³-hybridized carbons (Fsp3) is 0.194. The highest BCUT2D eigenvalue weighted by atomic mass is 79.9. The second kappa shape index (κ2) is 12.4. The second-order valence-electron chi connectivity index (χ2n) is 8.84. The van der Waals surface area contributed by atoms with Crippen molar-refractivity contribution in [2.24, 2.45) is 0 Å². The Morgan fingerprint density at radius 3 is 2.42 bits per heavy atom. The molecule has 4 nitrogen and oxygen atoms in total. The summed E-state index contributed by atoms with van der Waals surface area (Å²) in [4.78, 5) is 0. The molecule has 0 unspecified atom stereocenters. The third-order valence-corrected chi connectivity index (χ3v) is 6.68. The predicted octanol–water partition coefficient (Wildman–Crippen LogP) is 7.64. The summed E-state index contributed by atoms with van der Waals surface area (Å²) < 4.78 is 13.4. The summed E-state index contributed by atoms with van der Waals surface area (Å²) in [5.74, 6) is 1.50. The summed E-state index contributed by atoms with van der Waals surface area (Å²) in [6.07, 6.45) is 0. The summed E-state index contributed by atoms with van der Waals surface area (Å²) in [6.45, 7) is 5.72. The van der Waals surface area contributed by atoms with E-state index in [1.807, 2.05) is 54.6 Å². The SMILES string of the molecule is CC(C)NCc1ccc(OCc2cccc(-c3ccccc3)c2Br)cc1OCc1cccc(C#N)c1. The van der Waals surface area contributed by atoms with Gasteiger partial charge in [-0.2, -0.15) is 5.26 Å². The van der Waals surface area contributed by atoms with Gasteiger partial charge in [0.05, 0.1) is 11.6 Å². The molecule has 0 spiro atoms. The number of halogens is 1. The van der Waals surface area contributed by atoms with Gasteiger partial charge < -0.3 is 14.8 Å². The van der Waals surface area contributed by atoms with Crippen molar-refractivity contribution in [1.82, 2.24) is 5.32 Å². The minimum absolute atomic E-state index is 0.357. The van der Waals surface area contributed by atoms with Gasteiger partial charge in [-0.15, -0.1) is 0 Å². The van der Waals surface area contributed by atoms with Gasteiger partial charge in [0.25, 0.3) is 0 Å². The van der Waals surface area contributed by atoms with Crippen LogP contribution >= 0.6 is 15.9 Å². The maximum atomic E-state index is 9.19. The van der Waals surface area contributed by atoms with Crippen molar-refractivity contribution >= 4 is 15.9 Å². The van der Waals surface area contributed by atoms with E-state index in [1.54, 1.807) is 6.07 Å². The fourth-order valence-electron chi connectivity index (χ4n) is 3.80. The lowest BCUT2D eigenvalue weighted by atomic mass is 10.0. The van der Waals surface area contributed by atoms with Gasteiger partial charge >= 0.3 is 0 Å². The van der Waals surface area contributed by atoms with Crippen LogP contribution in [0.15, 0.2) is 95.5 Å². The van der Waals surface area contributed by atoms with Gasteiger partial charge in [-0.05, 0) is 50.8 Å². The quantitative estimate of drug-likeness (QED) is 0.224. The van der Waals surface area contributed by atoms with Gasteiger partial charge in [0.1, 0.15) is 24.7 Å². The average molecular weight is 541 g/mol. The third kappa shape index (κ3) is 6.75. The zero-order chi connectivity index (χ0) is 25.3. The van der Waals surface area contributed by atoms with Crippen molar-refractivity contribution in [2.75, 3.05) is 0 Å². The van der Waals surface area contributed by atoms with Crippen molar-refractivity contribution in [1.29, 1.82) is 5.26 Å². The van der Waals surface area contributed by atoms with Crippen molar-refractivity contribution in [3.63, 3.8) is 0 Å². The fourth-order valence-corrected chi connectivity index (χ4v) is 4.41. The van der Waals surface area contributed by atoms with Crippen LogP contribution in [0.1, 0.15) is 36.1 Å². The number of nitriles is 1.